The minimum Gasteiger partial charge on any atom is -0.370 e. The van der Waals surface area contributed by atoms with Crippen LogP contribution in [0.3, 0.4) is 0 Å². The molecule has 0 aliphatic rings. The number of halogens is 1. The summed E-state index contributed by atoms with van der Waals surface area (Å²) in [5, 5.41) is 0. The van der Waals surface area contributed by atoms with Gasteiger partial charge in [-0.2, -0.15) is 0 Å². The third kappa shape index (κ3) is 3.05. The fraction of sp³-hybridized carbons (Fsp3) is 1.00. The quantitative estimate of drug-likeness (QED) is 0.628. The zero-order chi connectivity index (χ0) is 8.20. The normalized spacial score (nSPS) is 20.0. The molecule has 10 heavy (non-hydrogen) atoms. The van der Waals surface area contributed by atoms with Gasteiger partial charge in [0.25, 0.3) is 0 Å². The fourth-order valence-electron chi connectivity index (χ4n) is 0.610. The first-order chi connectivity index (χ1) is 4.54. The van der Waals surface area contributed by atoms with Crippen LogP contribution in [0, 0.1) is 0 Å². The van der Waals surface area contributed by atoms with Crippen LogP contribution in [0.2, 0.25) is 0 Å². The Morgan fingerprint density at radius 2 is 2.10 bits per heavy atom. The van der Waals surface area contributed by atoms with Gasteiger partial charge in [-0.1, -0.05) is 18.2 Å². The van der Waals surface area contributed by atoms with Gasteiger partial charge in [0, 0.05) is 12.8 Å². The predicted octanol–water partition coefficient (Wildman–Crippen LogP) is 2.91. The highest BCUT2D eigenvalue weighted by Gasteiger charge is 2.24. The summed E-state index contributed by atoms with van der Waals surface area (Å²) in [6.07, 6.45) is 0.496. The third-order valence-electron chi connectivity index (χ3n) is 1.38. The first-order valence-corrected chi connectivity index (χ1v) is 6.31. The van der Waals surface area contributed by atoms with Crippen LogP contribution >= 0.6 is 17.7 Å². The molecule has 0 saturated carbocycles. The van der Waals surface area contributed by atoms with Crippen LogP contribution in [0.1, 0.15) is 20.8 Å². The molecule has 0 heterocycles. The predicted molar refractivity (Wildman–Crippen MR) is 45.1 cm³/mol. The molecular formula is C6H14ClO2P. The zero-order valence-electron chi connectivity index (χ0n) is 6.63. The Bertz CT molecular complexity index is 138. The Hall–Kier alpha value is 0.480. The molecule has 0 radical (unpaired) electrons. The van der Waals surface area contributed by atoms with Crippen molar-refractivity contribution >= 4 is 17.7 Å². The second kappa shape index (κ2) is 4.38. The second-order valence-electron chi connectivity index (χ2n) is 2.07. The van der Waals surface area contributed by atoms with Gasteiger partial charge in [-0.3, -0.25) is 0 Å². The Balaban J connectivity index is 3.91. The van der Waals surface area contributed by atoms with Gasteiger partial charge in [0.2, 0.25) is 0 Å². The van der Waals surface area contributed by atoms with E-state index in [4.69, 9.17) is 16.0 Å². The van der Waals surface area contributed by atoms with Crippen LogP contribution in [0.15, 0.2) is 0 Å². The molecule has 0 aromatic carbocycles. The average Bonchev–Trinajstić information content (AvgIpc) is 1.89. The highest BCUT2D eigenvalue weighted by atomic mass is 35.7. The molecule has 2 atom stereocenters. The lowest BCUT2D eigenvalue weighted by Gasteiger charge is -2.16. The van der Waals surface area contributed by atoms with Crippen LogP contribution in [-0.4, -0.2) is 18.6 Å². The lowest BCUT2D eigenvalue weighted by molar-refractivity contribution is 0.129. The molecule has 0 aliphatic heterocycles. The fourth-order valence-corrected chi connectivity index (χ4v) is 1.66. The van der Waals surface area contributed by atoms with Gasteiger partial charge >= 0.3 is 0 Å². The van der Waals surface area contributed by atoms with E-state index >= 15 is 0 Å². The van der Waals surface area contributed by atoms with Gasteiger partial charge in [0.05, 0.1) is 0 Å². The Labute approximate surface area is 67.1 Å². The van der Waals surface area contributed by atoms with E-state index in [2.05, 4.69) is 0 Å². The molecule has 0 bridgehead atoms. The topological polar surface area (TPSA) is 26.3 Å². The van der Waals surface area contributed by atoms with E-state index in [0.29, 0.717) is 12.8 Å². The third-order valence-corrected chi connectivity index (χ3v) is 5.02. The van der Waals surface area contributed by atoms with E-state index in [-0.39, 0.29) is 5.85 Å². The summed E-state index contributed by atoms with van der Waals surface area (Å²) in [5.74, 6) is -0.302. The number of hydrogen-bond donors (Lipinski definition) is 0. The molecule has 0 fully saturated rings. The van der Waals surface area contributed by atoms with Crippen molar-refractivity contribution in [3.05, 3.63) is 0 Å². The Morgan fingerprint density at radius 1 is 1.60 bits per heavy atom. The van der Waals surface area contributed by atoms with Crippen molar-refractivity contribution in [2.24, 2.45) is 0 Å². The van der Waals surface area contributed by atoms with E-state index in [9.17, 15) is 4.57 Å². The van der Waals surface area contributed by atoms with Crippen molar-refractivity contribution in [3.63, 3.8) is 0 Å². The summed E-state index contributed by atoms with van der Waals surface area (Å²) < 4.78 is 16.4. The van der Waals surface area contributed by atoms with Gasteiger partial charge in [-0.25, -0.2) is 0 Å². The number of rotatable bonds is 4. The molecule has 0 amide bonds. The standard InChI is InChI=1S/C6H14ClO2P/c1-4-9-6(3)10(7,8)5-2/h6H,4-5H2,1-3H3. The number of hydrogen-bond acceptors (Lipinski definition) is 2. The van der Waals surface area contributed by atoms with Gasteiger partial charge in [-0.05, 0) is 13.8 Å². The van der Waals surface area contributed by atoms with Crippen LogP contribution in [0.4, 0.5) is 0 Å². The SMILES string of the molecule is CCOC(C)P(=O)(Cl)CC. The van der Waals surface area contributed by atoms with Crippen molar-refractivity contribution in [2.45, 2.75) is 26.6 Å². The minimum atomic E-state index is -2.53. The van der Waals surface area contributed by atoms with Crippen molar-refractivity contribution in [2.75, 3.05) is 12.8 Å². The average molecular weight is 185 g/mol. The second-order valence-corrected chi connectivity index (χ2v) is 6.56. The molecule has 0 aromatic heterocycles. The van der Waals surface area contributed by atoms with Crippen LogP contribution < -0.4 is 0 Å². The maximum absolute atomic E-state index is 11.3. The van der Waals surface area contributed by atoms with E-state index in [1.165, 1.54) is 0 Å². The molecule has 62 valence electrons. The monoisotopic (exact) mass is 184 g/mol. The van der Waals surface area contributed by atoms with Gasteiger partial charge < -0.3 is 9.30 Å². The zero-order valence-corrected chi connectivity index (χ0v) is 8.28. The molecule has 0 N–H and O–H groups in total. The lowest BCUT2D eigenvalue weighted by atomic mass is 10.8. The molecule has 0 saturated heterocycles. The van der Waals surface area contributed by atoms with E-state index in [0.717, 1.165) is 0 Å². The summed E-state index contributed by atoms with van der Waals surface area (Å²) in [6.45, 7) is 3.46. The highest BCUT2D eigenvalue weighted by molar-refractivity contribution is 7.89. The van der Waals surface area contributed by atoms with Crippen molar-refractivity contribution in [3.8, 4) is 0 Å². The van der Waals surface area contributed by atoms with Gasteiger partial charge in [0.1, 0.15) is 5.85 Å². The summed E-state index contributed by atoms with van der Waals surface area (Å²) in [6, 6.07) is 0. The molecule has 0 rings (SSSR count). The Kier molecular flexibility index (Phi) is 4.59. The first-order valence-electron chi connectivity index (χ1n) is 3.44. The van der Waals surface area contributed by atoms with E-state index in [1.54, 1.807) is 6.92 Å². The largest absolute Gasteiger partial charge is 0.370 e. The molecule has 2 unspecified atom stereocenters. The molecule has 0 aromatic rings. The number of ether oxygens (including phenoxy) is 1. The maximum atomic E-state index is 11.3. The molecular weight excluding hydrogens is 170 g/mol. The minimum absolute atomic E-state index is 0.302. The molecule has 0 spiro atoms. The highest BCUT2D eigenvalue weighted by Crippen LogP contribution is 2.55. The van der Waals surface area contributed by atoms with Crippen LogP contribution in [0.5, 0.6) is 0 Å². The van der Waals surface area contributed by atoms with Crippen molar-refractivity contribution < 1.29 is 9.30 Å². The summed E-state index contributed by atoms with van der Waals surface area (Å²) in [5.41, 5.74) is 0. The van der Waals surface area contributed by atoms with Crippen molar-refractivity contribution in [1.82, 2.24) is 0 Å². The van der Waals surface area contributed by atoms with Crippen LogP contribution in [-0.2, 0) is 9.30 Å². The smallest absolute Gasteiger partial charge is 0.196 e. The maximum Gasteiger partial charge on any atom is 0.196 e. The Morgan fingerprint density at radius 3 is 2.40 bits per heavy atom. The summed E-state index contributed by atoms with van der Waals surface area (Å²) in [4.78, 5) is 0. The summed E-state index contributed by atoms with van der Waals surface area (Å²) >= 11 is 5.68. The van der Waals surface area contributed by atoms with E-state index < -0.39 is 6.49 Å². The van der Waals surface area contributed by atoms with E-state index in [1.807, 2.05) is 13.8 Å². The first kappa shape index (κ1) is 10.5. The lowest BCUT2D eigenvalue weighted by Crippen LogP contribution is -2.06. The van der Waals surface area contributed by atoms with Gasteiger partial charge in [0.15, 0.2) is 6.49 Å². The molecule has 2 nitrogen and oxygen atoms in total. The molecule has 0 aliphatic carbocycles. The van der Waals surface area contributed by atoms with Gasteiger partial charge in [-0.15, -0.1) is 0 Å². The van der Waals surface area contributed by atoms with Crippen LogP contribution in [0.25, 0.3) is 0 Å². The van der Waals surface area contributed by atoms with Crippen molar-refractivity contribution in [1.29, 1.82) is 0 Å². The summed E-state index contributed by atoms with van der Waals surface area (Å²) in [7, 11) is 0. The molecule has 4 heteroatoms.